The Kier molecular flexibility index (Phi) is 5.96. The molecule has 1 aromatic rings. The minimum Gasteiger partial charge on any atom is -0.312 e. The molecule has 1 aliphatic heterocycles. The van der Waals surface area contributed by atoms with Crippen LogP contribution in [0.4, 0.5) is 0 Å². The van der Waals surface area contributed by atoms with Crippen LogP contribution in [-0.4, -0.2) is 37.1 Å². The van der Waals surface area contributed by atoms with Crippen molar-refractivity contribution in [2.75, 3.05) is 26.2 Å². The predicted molar refractivity (Wildman–Crippen MR) is 92.5 cm³/mol. The summed E-state index contributed by atoms with van der Waals surface area (Å²) in [5.74, 6) is 0. The molecule has 1 fully saturated rings. The summed E-state index contributed by atoms with van der Waals surface area (Å²) in [4.78, 5) is 2.56. The van der Waals surface area contributed by atoms with Gasteiger partial charge in [0.25, 0.3) is 0 Å². The first kappa shape index (κ1) is 17.1. The molecule has 0 aromatic heterocycles. The first-order valence-corrected chi connectivity index (χ1v) is 8.51. The van der Waals surface area contributed by atoms with Crippen molar-refractivity contribution < 1.29 is 0 Å². The molecule has 1 heterocycles. The average molecular weight is 329 g/mol. The number of halogens is 2. The van der Waals surface area contributed by atoms with Gasteiger partial charge in [-0.2, -0.15) is 0 Å². The Morgan fingerprint density at radius 2 is 2.05 bits per heavy atom. The Hall–Kier alpha value is -0.280. The zero-order chi connectivity index (χ0) is 15.5. The Bertz CT molecular complexity index is 468. The molecular weight excluding hydrogens is 303 g/mol. The molecule has 1 atom stereocenters. The lowest BCUT2D eigenvalue weighted by Gasteiger charge is -2.33. The lowest BCUT2D eigenvalue weighted by Crippen LogP contribution is -2.46. The molecule has 0 amide bonds. The zero-order valence-corrected chi connectivity index (χ0v) is 14.8. The standard InChI is InChI=1S/C17H26Cl2N2/c1-17(2,3)16-12-21(9-4-8-20-16)10-7-13-5-6-14(18)11-15(13)19/h5-6,11,16,20H,4,7-10,12H2,1-3H3. The lowest BCUT2D eigenvalue weighted by atomic mass is 9.86. The Morgan fingerprint density at radius 1 is 1.29 bits per heavy atom. The molecule has 4 heteroatoms. The van der Waals surface area contributed by atoms with E-state index in [1.807, 2.05) is 18.2 Å². The molecule has 1 aliphatic rings. The molecule has 0 saturated carbocycles. The topological polar surface area (TPSA) is 15.3 Å². The van der Waals surface area contributed by atoms with Gasteiger partial charge in [-0.3, -0.25) is 0 Å². The molecule has 21 heavy (non-hydrogen) atoms. The summed E-state index contributed by atoms with van der Waals surface area (Å²) in [5, 5.41) is 5.17. The summed E-state index contributed by atoms with van der Waals surface area (Å²) < 4.78 is 0. The third-order valence-corrected chi connectivity index (χ3v) is 4.83. The fraction of sp³-hybridized carbons (Fsp3) is 0.647. The van der Waals surface area contributed by atoms with Crippen LogP contribution < -0.4 is 5.32 Å². The second kappa shape index (κ2) is 7.32. The monoisotopic (exact) mass is 328 g/mol. The Balaban J connectivity index is 1.95. The maximum atomic E-state index is 6.27. The number of rotatable bonds is 3. The van der Waals surface area contributed by atoms with Gasteiger partial charge < -0.3 is 10.2 Å². The molecule has 1 saturated heterocycles. The highest BCUT2D eigenvalue weighted by atomic mass is 35.5. The summed E-state index contributed by atoms with van der Waals surface area (Å²) in [6.07, 6.45) is 2.19. The molecule has 2 rings (SSSR count). The largest absolute Gasteiger partial charge is 0.312 e. The van der Waals surface area contributed by atoms with Gasteiger partial charge in [0.15, 0.2) is 0 Å². The summed E-state index contributed by atoms with van der Waals surface area (Å²) >= 11 is 12.2. The van der Waals surface area contributed by atoms with E-state index in [-0.39, 0.29) is 0 Å². The van der Waals surface area contributed by atoms with E-state index < -0.39 is 0 Å². The van der Waals surface area contributed by atoms with Crippen molar-refractivity contribution in [3.8, 4) is 0 Å². The van der Waals surface area contributed by atoms with Gasteiger partial charge in [0, 0.05) is 29.2 Å². The van der Waals surface area contributed by atoms with Gasteiger partial charge in [-0.1, -0.05) is 50.0 Å². The van der Waals surface area contributed by atoms with Crippen LogP contribution in [0.3, 0.4) is 0 Å². The van der Waals surface area contributed by atoms with Crippen LogP contribution in [0.15, 0.2) is 18.2 Å². The summed E-state index contributed by atoms with van der Waals surface area (Å²) in [7, 11) is 0. The van der Waals surface area contributed by atoms with Crippen LogP contribution in [0.2, 0.25) is 10.0 Å². The molecule has 2 nitrogen and oxygen atoms in total. The van der Waals surface area contributed by atoms with Crippen molar-refractivity contribution in [2.24, 2.45) is 5.41 Å². The van der Waals surface area contributed by atoms with E-state index in [1.54, 1.807) is 0 Å². The number of nitrogens with zero attached hydrogens (tertiary/aromatic N) is 1. The van der Waals surface area contributed by atoms with Gasteiger partial charge in [-0.25, -0.2) is 0 Å². The van der Waals surface area contributed by atoms with Crippen molar-refractivity contribution >= 4 is 23.2 Å². The van der Waals surface area contributed by atoms with E-state index in [9.17, 15) is 0 Å². The molecule has 1 N–H and O–H groups in total. The van der Waals surface area contributed by atoms with E-state index in [4.69, 9.17) is 23.2 Å². The van der Waals surface area contributed by atoms with Gasteiger partial charge in [0.2, 0.25) is 0 Å². The van der Waals surface area contributed by atoms with Crippen molar-refractivity contribution in [3.05, 3.63) is 33.8 Å². The van der Waals surface area contributed by atoms with Crippen molar-refractivity contribution in [3.63, 3.8) is 0 Å². The van der Waals surface area contributed by atoms with Crippen molar-refractivity contribution in [1.82, 2.24) is 10.2 Å². The second-order valence-electron chi connectivity index (χ2n) is 7.01. The van der Waals surface area contributed by atoms with E-state index in [1.165, 1.54) is 12.0 Å². The maximum absolute atomic E-state index is 6.27. The highest BCUT2D eigenvalue weighted by Crippen LogP contribution is 2.23. The summed E-state index contributed by atoms with van der Waals surface area (Å²) in [6, 6.07) is 6.34. The molecule has 0 spiro atoms. The molecule has 0 radical (unpaired) electrons. The lowest BCUT2D eigenvalue weighted by molar-refractivity contribution is 0.198. The first-order valence-electron chi connectivity index (χ1n) is 7.76. The van der Waals surface area contributed by atoms with Gasteiger partial charge in [0.1, 0.15) is 0 Å². The third kappa shape index (κ3) is 5.14. The number of hydrogen-bond acceptors (Lipinski definition) is 2. The highest BCUT2D eigenvalue weighted by molar-refractivity contribution is 6.35. The van der Waals surface area contributed by atoms with Gasteiger partial charge in [-0.05, 0) is 49.0 Å². The normalized spacial score (nSPS) is 21.3. The smallest absolute Gasteiger partial charge is 0.0453 e. The maximum Gasteiger partial charge on any atom is 0.0453 e. The zero-order valence-electron chi connectivity index (χ0n) is 13.3. The molecule has 1 aromatic carbocycles. The fourth-order valence-electron chi connectivity index (χ4n) is 2.78. The molecule has 1 unspecified atom stereocenters. The van der Waals surface area contributed by atoms with Crippen LogP contribution in [0.25, 0.3) is 0 Å². The predicted octanol–water partition coefficient (Wildman–Crippen LogP) is 4.25. The Morgan fingerprint density at radius 3 is 2.71 bits per heavy atom. The summed E-state index contributed by atoms with van der Waals surface area (Å²) in [5.41, 5.74) is 1.48. The van der Waals surface area contributed by atoms with Crippen molar-refractivity contribution in [1.29, 1.82) is 0 Å². The van der Waals surface area contributed by atoms with Crippen molar-refractivity contribution in [2.45, 2.75) is 39.7 Å². The quantitative estimate of drug-likeness (QED) is 0.892. The third-order valence-electron chi connectivity index (χ3n) is 4.24. The molecule has 118 valence electrons. The molecule has 0 aliphatic carbocycles. The van der Waals surface area contributed by atoms with Gasteiger partial charge in [0.05, 0.1) is 0 Å². The van der Waals surface area contributed by atoms with Crippen LogP contribution in [0, 0.1) is 5.41 Å². The average Bonchev–Trinajstić information content (AvgIpc) is 2.63. The molecular formula is C17H26Cl2N2. The minimum atomic E-state index is 0.292. The Labute approximate surface area is 138 Å². The van der Waals surface area contributed by atoms with E-state index >= 15 is 0 Å². The van der Waals surface area contributed by atoms with Gasteiger partial charge >= 0.3 is 0 Å². The summed E-state index contributed by atoms with van der Waals surface area (Å²) in [6.45, 7) is 11.4. The van der Waals surface area contributed by atoms with E-state index in [0.717, 1.165) is 37.6 Å². The first-order chi connectivity index (χ1) is 9.86. The number of hydrogen-bond donors (Lipinski definition) is 1. The van der Waals surface area contributed by atoms with Crippen LogP contribution in [0.5, 0.6) is 0 Å². The van der Waals surface area contributed by atoms with Gasteiger partial charge in [-0.15, -0.1) is 0 Å². The fourth-order valence-corrected chi connectivity index (χ4v) is 3.28. The second-order valence-corrected chi connectivity index (χ2v) is 7.86. The van der Waals surface area contributed by atoms with E-state index in [2.05, 4.69) is 31.0 Å². The van der Waals surface area contributed by atoms with Crippen LogP contribution >= 0.6 is 23.2 Å². The molecule has 0 bridgehead atoms. The van der Waals surface area contributed by atoms with E-state index in [0.29, 0.717) is 16.5 Å². The van der Waals surface area contributed by atoms with Crippen LogP contribution in [-0.2, 0) is 6.42 Å². The highest BCUT2D eigenvalue weighted by Gasteiger charge is 2.27. The minimum absolute atomic E-state index is 0.292. The SMILES string of the molecule is CC(C)(C)C1CN(CCc2ccc(Cl)cc2Cl)CCCN1. The number of nitrogens with one attached hydrogen (secondary N) is 1. The van der Waals surface area contributed by atoms with Crippen LogP contribution in [0.1, 0.15) is 32.8 Å². The number of benzene rings is 1.